The molecule has 0 aromatic heterocycles. The van der Waals surface area contributed by atoms with Crippen LogP contribution in [0.4, 0.5) is 0 Å². The lowest BCUT2D eigenvalue weighted by Gasteiger charge is -2.18. The van der Waals surface area contributed by atoms with Crippen LogP contribution in [0.5, 0.6) is 5.75 Å². The molecule has 3 aromatic carbocycles. The third-order valence-electron chi connectivity index (χ3n) is 4.12. The number of esters is 1. The van der Waals surface area contributed by atoms with Crippen molar-refractivity contribution in [1.29, 1.82) is 0 Å². The van der Waals surface area contributed by atoms with Crippen LogP contribution >= 0.6 is 23.2 Å². The Balaban J connectivity index is 1.86. The molecule has 0 aliphatic heterocycles. The third kappa shape index (κ3) is 5.16. The predicted octanol–water partition coefficient (Wildman–Crippen LogP) is 5.03. The van der Waals surface area contributed by atoms with Gasteiger partial charge in [-0.2, -0.15) is 4.31 Å². The molecule has 3 aromatic rings. The average Bonchev–Trinajstić information content (AvgIpc) is 2.68. The van der Waals surface area contributed by atoms with Gasteiger partial charge in [-0.25, -0.2) is 13.2 Å². The maximum Gasteiger partial charge on any atom is 0.345 e. The number of carbonyl (C=O) groups is 1. The summed E-state index contributed by atoms with van der Waals surface area (Å²) in [4.78, 5) is 12.5. The number of ether oxygens (including phenoxy) is 1. The molecule has 0 atom stereocenters. The Hall–Kier alpha value is -2.38. The van der Waals surface area contributed by atoms with E-state index in [-0.39, 0.29) is 27.8 Å². The second-order valence-corrected chi connectivity index (χ2v) is 9.12. The summed E-state index contributed by atoms with van der Waals surface area (Å²) >= 11 is 12.0. The van der Waals surface area contributed by atoms with E-state index < -0.39 is 16.0 Å². The fraction of sp³-hybridized carbons (Fsp3) is 0.0952. The summed E-state index contributed by atoms with van der Waals surface area (Å²) in [5.74, 6) is -0.548. The van der Waals surface area contributed by atoms with E-state index in [1.807, 2.05) is 30.3 Å². The van der Waals surface area contributed by atoms with Crippen LogP contribution in [0.3, 0.4) is 0 Å². The van der Waals surface area contributed by atoms with Crippen molar-refractivity contribution in [3.63, 3.8) is 0 Å². The van der Waals surface area contributed by atoms with E-state index in [1.165, 1.54) is 35.6 Å². The standard InChI is InChI=1S/C21H17Cl2NO4S/c1-24(14-15-6-3-2-4-7-15)29(26,27)18-10-11-20(23)19(13-18)21(25)28-17-9-5-8-16(22)12-17/h2-13H,14H2,1H3. The molecule has 0 heterocycles. The van der Waals surface area contributed by atoms with Crippen molar-refractivity contribution in [1.82, 2.24) is 4.31 Å². The molecule has 0 radical (unpaired) electrons. The van der Waals surface area contributed by atoms with E-state index in [0.29, 0.717) is 5.02 Å². The molecule has 3 rings (SSSR count). The second kappa shape index (κ2) is 8.97. The Bertz CT molecular complexity index is 1130. The fourth-order valence-corrected chi connectivity index (χ4v) is 4.18. The van der Waals surface area contributed by atoms with Crippen molar-refractivity contribution in [3.05, 3.63) is 94.0 Å². The van der Waals surface area contributed by atoms with Gasteiger partial charge in [-0.1, -0.05) is 59.6 Å². The SMILES string of the molecule is CN(Cc1ccccc1)S(=O)(=O)c1ccc(Cl)c(C(=O)Oc2cccc(Cl)c2)c1. The van der Waals surface area contributed by atoms with Crippen molar-refractivity contribution in [2.75, 3.05) is 7.05 Å². The lowest BCUT2D eigenvalue weighted by Crippen LogP contribution is -2.26. The third-order valence-corrected chi connectivity index (χ3v) is 6.48. The van der Waals surface area contributed by atoms with Gasteiger partial charge in [0.2, 0.25) is 10.0 Å². The quantitative estimate of drug-likeness (QED) is 0.390. The zero-order valence-electron chi connectivity index (χ0n) is 15.4. The molecule has 0 bridgehead atoms. The molecule has 0 aliphatic carbocycles. The fourth-order valence-electron chi connectivity index (χ4n) is 2.62. The highest BCUT2D eigenvalue weighted by molar-refractivity contribution is 7.89. The molecular formula is C21H17Cl2NO4S. The van der Waals surface area contributed by atoms with Gasteiger partial charge in [-0.3, -0.25) is 0 Å². The Morgan fingerprint density at radius 2 is 1.69 bits per heavy atom. The molecule has 0 saturated heterocycles. The Morgan fingerprint density at radius 1 is 0.966 bits per heavy atom. The van der Waals surface area contributed by atoms with E-state index in [0.717, 1.165) is 5.56 Å². The van der Waals surface area contributed by atoms with Gasteiger partial charge in [0.25, 0.3) is 0 Å². The van der Waals surface area contributed by atoms with E-state index in [9.17, 15) is 13.2 Å². The van der Waals surface area contributed by atoms with Crippen molar-refractivity contribution in [2.45, 2.75) is 11.4 Å². The van der Waals surface area contributed by atoms with Crippen LogP contribution in [0.25, 0.3) is 0 Å². The summed E-state index contributed by atoms with van der Waals surface area (Å²) in [5.41, 5.74) is 0.786. The topological polar surface area (TPSA) is 63.7 Å². The van der Waals surface area contributed by atoms with Crippen LogP contribution in [0.15, 0.2) is 77.7 Å². The number of carbonyl (C=O) groups excluding carboxylic acids is 1. The molecule has 0 amide bonds. The Labute approximate surface area is 179 Å². The Kier molecular flexibility index (Phi) is 6.59. The molecule has 0 N–H and O–H groups in total. The van der Waals surface area contributed by atoms with Crippen LogP contribution in [0, 0.1) is 0 Å². The highest BCUT2D eigenvalue weighted by Crippen LogP contribution is 2.25. The summed E-state index contributed by atoms with van der Waals surface area (Å²) in [6, 6.07) is 19.4. The highest BCUT2D eigenvalue weighted by atomic mass is 35.5. The maximum absolute atomic E-state index is 12.9. The number of rotatable bonds is 6. The van der Waals surface area contributed by atoms with Crippen molar-refractivity contribution < 1.29 is 17.9 Å². The van der Waals surface area contributed by atoms with Gasteiger partial charge in [0.1, 0.15) is 5.75 Å². The summed E-state index contributed by atoms with van der Waals surface area (Å²) in [6.45, 7) is 0.189. The minimum absolute atomic E-state index is 0.0548. The first kappa shape index (κ1) is 21.3. The van der Waals surface area contributed by atoms with Crippen LogP contribution in [-0.2, 0) is 16.6 Å². The Morgan fingerprint density at radius 3 is 2.38 bits per heavy atom. The van der Waals surface area contributed by atoms with Crippen LogP contribution in [-0.4, -0.2) is 25.7 Å². The van der Waals surface area contributed by atoms with Gasteiger partial charge in [0.15, 0.2) is 0 Å². The maximum atomic E-state index is 12.9. The van der Waals surface area contributed by atoms with Crippen molar-refractivity contribution in [2.24, 2.45) is 0 Å². The predicted molar refractivity (Wildman–Crippen MR) is 113 cm³/mol. The van der Waals surface area contributed by atoms with Crippen molar-refractivity contribution >= 4 is 39.2 Å². The molecule has 0 unspecified atom stereocenters. The van der Waals surface area contributed by atoms with E-state index >= 15 is 0 Å². The molecular weight excluding hydrogens is 433 g/mol. The van der Waals surface area contributed by atoms with Gasteiger partial charge in [0, 0.05) is 18.6 Å². The van der Waals surface area contributed by atoms with E-state index in [4.69, 9.17) is 27.9 Å². The monoisotopic (exact) mass is 449 g/mol. The van der Waals surface area contributed by atoms with Gasteiger partial charge in [-0.05, 0) is 42.0 Å². The molecule has 0 aliphatic rings. The lowest BCUT2D eigenvalue weighted by molar-refractivity contribution is 0.0734. The van der Waals surface area contributed by atoms with Gasteiger partial charge >= 0.3 is 5.97 Å². The lowest BCUT2D eigenvalue weighted by atomic mass is 10.2. The first-order valence-electron chi connectivity index (χ1n) is 8.55. The zero-order chi connectivity index (χ0) is 21.0. The molecule has 8 heteroatoms. The molecule has 150 valence electrons. The summed E-state index contributed by atoms with van der Waals surface area (Å²) in [7, 11) is -2.37. The van der Waals surface area contributed by atoms with Gasteiger partial charge < -0.3 is 4.74 Å². The zero-order valence-corrected chi connectivity index (χ0v) is 17.7. The molecule has 0 fully saturated rings. The molecule has 5 nitrogen and oxygen atoms in total. The number of hydrogen-bond donors (Lipinski definition) is 0. The van der Waals surface area contributed by atoms with Crippen LogP contribution in [0.2, 0.25) is 10.0 Å². The van der Waals surface area contributed by atoms with Gasteiger partial charge in [0.05, 0.1) is 15.5 Å². The first-order chi connectivity index (χ1) is 13.8. The second-order valence-electron chi connectivity index (χ2n) is 6.24. The molecule has 29 heavy (non-hydrogen) atoms. The number of sulfonamides is 1. The molecule has 0 spiro atoms. The number of nitrogens with zero attached hydrogens (tertiary/aromatic N) is 1. The summed E-state index contributed by atoms with van der Waals surface area (Å²) in [6.07, 6.45) is 0. The van der Waals surface area contributed by atoms with E-state index in [2.05, 4.69) is 0 Å². The largest absolute Gasteiger partial charge is 0.423 e. The minimum atomic E-state index is -3.84. The molecule has 0 saturated carbocycles. The summed E-state index contributed by atoms with van der Waals surface area (Å²) < 4.78 is 32.4. The number of halogens is 2. The van der Waals surface area contributed by atoms with Crippen LogP contribution < -0.4 is 4.74 Å². The minimum Gasteiger partial charge on any atom is -0.423 e. The van der Waals surface area contributed by atoms with E-state index in [1.54, 1.807) is 18.2 Å². The number of hydrogen-bond acceptors (Lipinski definition) is 4. The van der Waals surface area contributed by atoms with Gasteiger partial charge in [-0.15, -0.1) is 0 Å². The number of benzene rings is 3. The summed E-state index contributed by atoms with van der Waals surface area (Å²) in [5, 5.41) is 0.488. The average molecular weight is 450 g/mol. The van der Waals surface area contributed by atoms with Crippen molar-refractivity contribution in [3.8, 4) is 5.75 Å². The normalized spacial score (nSPS) is 11.4. The highest BCUT2D eigenvalue weighted by Gasteiger charge is 2.24. The first-order valence-corrected chi connectivity index (χ1v) is 10.7. The smallest absolute Gasteiger partial charge is 0.345 e. The van der Waals surface area contributed by atoms with Crippen LogP contribution in [0.1, 0.15) is 15.9 Å².